The average molecular weight is 546 g/mol. The zero-order valence-corrected chi connectivity index (χ0v) is 23.5. The Morgan fingerprint density at radius 3 is 1.47 bits per heavy atom. The van der Waals surface area contributed by atoms with Crippen LogP contribution in [0.1, 0.15) is 0 Å². The van der Waals surface area contributed by atoms with Crippen molar-refractivity contribution in [3.05, 3.63) is 164 Å². The molecule has 0 spiro atoms. The molecule has 9 aromatic rings. The molecule has 0 saturated carbocycles. The lowest BCUT2D eigenvalue weighted by Gasteiger charge is -2.18. The van der Waals surface area contributed by atoms with E-state index in [0.29, 0.717) is 0 Å². The summed E-state index contributed by atoms with van der Waals surface area (Å²) < 4.78 is 2.38. The van der Waals surface area contributed by atoms with Crippen molar-refractivity contribution in [2.45, 2.75) is 0 Å². The van der Waals surface area contributed by atoms with Crippen LogP contribution in [0.3, 0.4) is 0 Å². The molecule has 1 aromatic heterocycles. The van der Waals surface area contributed by atoms with Crippen molar-refractivity contribution in [2.75, 3.05) is 0 Å². The Hall–Kier alpha value is -5.66. The molecule has 0 N–H and O–H groups in total. The minimum Gasteiger partial charge on any atom is -0.309 e. The fourth-order valence-electron chi connectivity index (χ4n) is 7.08. The fraction of sp³-hybridized carbons (Fsp3) is 0. The third-order valence-corrected chi connectivity index (χ3v) is 8.95. The topological polar surface area (TPSA) is 4.93 Å². The number of hydrogen-bond donors (Lipinski definition) is 0. The lowest BCUT2D eigenvalue weighted by Crippen LogP contribution is -1.93. The first-order valence-corrected chi connectivity index (χ1v) is 14.9. The number of nitrogens with zero attached hydrogens (tertiary/aromatic N) is 1. The number of para-hydroxylation sites is 2. The van der Waals surface area contributed by atoms with Crippen molar-refractivity contribution in [3.8, 4) is 27.9 Å². The van der Waals surface area contributed by atoms with Crippen molar-refractivity contribution in [1.29, 1.82) is 0 Å². The monoisotopic (exact) mass is 545 g/mol. The maximum Gasteiger partial charge on any atom is 0.0541 e. The van der Waals surface area contributed by atoms with Crippen molar-refractivity contribution >= 4 is 54.1 Å². The Labute approximate surface area is 249 Å². The number of benzene rings is 8. The van der Waals surface area contributed by atoms with Gasteiger partial charge in [-0.3, -0.25) is 0 Å². The van der Waals surface area contributed by atoms with E-state index in [9.17, 15) is 0 Å². The molecule has 1 heteroatoms. The van der Waals surface area contributed by atoms with Gasteiger partial charge in [0.2, 0.25) is 0 Å². The molecular weight excluding hydrogens is 518 g/mol. The standard InChI is InChI=1S/C42H27N/c1-2-14-32(15-3-1)43-39-21-11-10-16-33(39)38-27-31(24-25-40(38)43)42-36-19-8-6-17-34(36)41(35-18-7-9-20-37(35)42)30-23-22-28-12-4-5-13-29(28)26-30/h1-27H. The van der Waals surface area contributed by atoms with E-state index in [2.05, 4.69) is 168 Å². The van der Waals surface area contributed by atoms with Crippen molar-refractivity contribution < 1.29 is 0 Å². The van der Waals surface area contributed by atoms with E-state index in [-0.39, 0.29) is 0 Å². The third-order valence-electron chi connectivity index (χ3n) is 8.95. The summed E-state index contributed by atoms with van der Waals surface area (Å²) >= 11 is 0. The number of fused-ring (bicyclic) bond motifs is 6. The molecule has 1 heterocycles. The highest BCUT2D eigenvalue weighted by Gasteiger charge is 2.18. The van der Waals surface area contributed by atoms with Crippen LogP contribution in [0, 0.1) is 0 Å². The van der Waals surface area contributed by atoms with Crippen LogP contribution in [0.2, 0.25) is 0 Å². The molecule has 0 unspecified atom stereocenters. The number of hydrogen-bond acceptors (Lipinski definition) is 0. The third kappa shape index (κ3) is 3.65. The van der Waals surface area contributed by atoms with Gasteiger partial charge in [-0.2, -0.15) is 0 Å². The molecule has 1 nitrogen and oxygen atoms in total. The highest BCUT2D eigenvalue weighted by molar-refractivity contribution is 6.22. The molecule has 0 amide bonds. The first-order chi connectivity index (χ1) is 21.3. The second-order valence-corrected chi connectivity index (χ2v) is 11.3. The highest BCUT2D eigenvalue weighted by atomic mass is 15.0. The van der Waals surface area contributed by atoms with Gasteiger partial charge in [0.1, 0.15) is 0 Å². The van der Waals surface area contributed by atoms with E-state index < -0.39 is 0 Å². The Morgan fingerprint density at radius 2 is 0.791 bits per heavy atom. The lowest BCUT2D eigenvalue weighted by molar-refractivity contribution is 1.18. The normalized spacial score (nSPS) is 11.7. The molecule has 0 aliphatic heterocycles. The van der Waals surface area contributed by atoms with Crippen LogP contribution in [0.5, 0.6) is 0 Å². The maximum atomic E-state index is 2.40. The van der Waals surface area contributed by atoms with E-state index >= 15 is 0 Å². The summed E-state index contributed by atoms with van der Waals surface area (Å²) in [6, 6.07) is 59.8. The molecule has 0 atom stereocenters. The van der Waals surface area contributed by atoms with Crippen LogP contribution in [0.25, 0.3) is 82.1 Å². The quantitative estimate of drug-likeness (QED) is 0.195. The van der Waals surface area contributed by atoms with Crippen LogP contribution in [0.4, 0.5) is 0 Å². The molecule has 8 aromatic carbocycles. The Kier molecular flexibility index (Phi) is 5.27. The van der Waals surface area contributed by atoms with Crippen LogP contribution in [0.15, 0.2) is 164 Å². The van der Waals surface area contributed by atoms with Crippen LogP contribution in [-0.2, 0) is 0 Å². The van der Waals surface area contributed by atoms with Crippen molar-refractivity contribution in [1.82, 2.24) is 4.57 Å². The summed E-state index contributed by atoms with van der Waals surface area (Å²) in [6.07, 6.45) is 0. The predicted octanol–water partition coefficient (Wildman–Crippen LogP) is 11.6. The molecule has 200 valence electrons. The SMILES string of the molecule is c1ccc(-n2c3ccccc3c3cc(-c4c5ccccc5c(-c5ccc6ccccc6c5)c5ccccc45)ccc32)cc1. The minimum absolute atomic E-state index is 1.18. The Morgan fingerprint density at radius 1 is 0.302 bits per heavy atom. The van der Waals surface area contributed by atoms with Crippen LogP contribution in [-0.4, -0.2) is 4.57 Å². The van der Waals surface area contributed by atoms with Gasteiger partial charge >= 0.3 is 0 Å². The molecule has 0 aliphatic carbocycles. The second kappa shape index (κ2) is 9.44. The Bertz CT molecular complexity index is 2440. The van der Waals surface area contributed by atoms with E-state index in [1.54, 1.807) is 0 Å². The molecule has 0 aliphatic rings. The average Bonchev–Trinajstić information content (AvgIpc) is 3.41. The van der Waals surface area contributed by atoms with Crippen molar-refractivity contribution in [3.63, 3.8) is 0 Å². The van der Waals surface area contributed by atoms with E-state index in [1.807, 2.05) is 0 Å². The first kappa shape index (κ1) is 24.0. The molecule has 0 radical (unpaired) electrons. The highest BCUT2D eigenvalue weighted by Crippen LogP contribution is 2.45. The minimum atomic E-state index is 1.18. The fourth-order valence-corrected chi connectivity index (χ4v) is 7.08. The van der Waals surface area contributed by atoms with E-state index in [1.165, 1.54) is 82.1 Å². The number of aromatic nitrogens is 1. The van der Waals surface area contributed by atoms with Gasteiger partial charge in [0.05, 0.1) is 11.0 Å². The van der Waals surface area contributed by atoms with Gasteiger partial charge in [0.25, 0.3) is 0 Å². The summed E-state index contributed by atoms with van der Waals surface area (Å²) in [4.78, 5) is 0. The lowest BCUT2D eigenvalue weighted by atomic mass is 9.85. The summed E-state index contributed by atoms with van der Waals surface area (Å²) in [5.41, 5.74) is 8.69. The second-order valence-electron chi connectivity index (χ2n) is 11.3. The van der Waals surface area contributed by atoms with Gasteiger partial charge in [-0.15, -0.1) is 0 Å². The maximum absolute atomic E-state index is 2.40. The van der Waals surface area contributed by atoms with Crippen LogP contribution >= 0.6 is 0 Å². The summed E-state index contributed by atoms with van der Waals surface area (Å²) in [5, 5.41) is 10.2. The number of rotatable bonds is 3. The summed E-state index contributed by atoms with van der Waals surface area (Å²) in [7, 11) is 0. The van der Waals surface area contributed by atoms with Crippen molar-refractivity contribution in [2.24, 2.45) is 0 Å². The summed E-state index contributed by atoms with van der Waals surface area (Å²) in [6.45, 7) is 0. The van der Waals surface area contributed by atoms with Gasteiger partial charge in [0, 0.05) is 16.5 Å². The predicted molar refractivity (Wildman–Crippen MR) is 184 cm³/mol. The molecule has 0 fully saturated rings. The van der Waals surface area contributed by atoms with Crippen LogP contribution < -0.4 is 0 Å². The van der Waals surface area contributed by atoms with E-state index in [0.717, 1.165) is 0 Å². The van der Waals surface area contributed by atoms with Gasteiger partial charge in [-0.05, 0) is 91.0 Å². The Balaban J connectivity index is 1.36. The largest absolute Gasteiger partial charge is 0.309 e. The molecule has 0 bridgehead atoms. The van der Waals surface area contributed by atoms with Gasteiger partial charge in [-0.1, -0.05) is 127 Å². The molecular formula is C42H27N. The first-order valence-electron chi connectivity index (χ1n) is 14.9. The van der Waals surface area contributed by atoms with Gasteiger partial charge < -0.3 is 4.57 Å². The molecule has 0 saturated heterocycles. The summed E-state index contributed by atoms with van der Waals surface area (Å²) in [5.74, 6) is 0. The zero-order chi connectivity index (χ0) is 28.3. The van der Waals surface area contributed by atoms with E-state index in [4.69, 9.17) is 0 Å². The zero-order valence-electron chi connectivity index (χ0n) is 23.5. The van der Waals surface area contributed by atoms with Gasteiger partial charge in [-0.25, -0.2) is 0 Å². The molecule has 9 rings (SSSR count). The smallest absolute Gasteiger partial charge is 0.0541 e. The molecule has 43 heavy (non-hydrogen) atoms. The van der Waals surface area contributed by atoms with Gasteiger partial charge in [0.15, 0.2) is 0 Å².